The van der Waals surface area contributed by atoms with E-state index >= 15 is 0 Å². The van der Waals surface area contributed by atoms with Crippen molar-refractivity contribution in [2.45, 2.75) is 6.18 Å². The van der Waals surface area contributed by atoms with Crippen LogP contribution in [0.5, 0.6) is 0 Å². The SMILES string of the molecule is Fc1cc(F)cc(-c2ccccc2C(F)(F)F)c1. The van der Waals surface area contributed by atoms with Crippen LogP contribution in [-0.4, -0.2) is 0 Å². The first-order valence-electron chi connectivity index (χ1n) is 5.00. The molecule has 0 saturated heterocycles. The third-order valence-electron chi connectivity index (χ3n) is 2.41. The Morgan fingerprint density at radius 2 is 1.33 bits per heavy atom. The van der Waals surface area contributed by atoms with Crippen molar-refractivity contribution < 1.29 is 22.0 Å². The summed E-state index contributed by atoms with van der Waals surface area (Å²) in [5.74, 6) is -1.83. The summed E-state index contributed by atoms with van der Waals surface area (Å²) in [4.78, 5) is 0. The first kappa shape index (κ1) is 12.5. The van der Waals surface area contributed by atoms with E-state index in [0.29, 0.717) is 6.07 Å². The van der Waals surface area contributed by atoms with Gasteiger partial charge >= 0.3 is 6.18 Å². The van der Waals surface area contributed by atoms with E-state index < -0.39 is 23.4 Å². The van der Waals surface area contributed by atoms with Crippen LogP contribution in [0, 0.1) is 11.6 Å². The monoisotopic (exact) mass is 258 g/mol. The molecule has 2 aromatic rings. The summed E-state index contributed by atoms with van der Waals surface area (Å²) in [7, 11) is 0. The van der Waals surface area contributed by atoms with Gasteiger partial charge in [-0.15, -0.1) is 0 Å². The lowest BCUT2D eigenvalue weighted by molar-refractivity contribution is -0.137. The standard InChI is InChI=1S/C13H7F5/c14-9-5-8(6-10(15)7-9)11-3-1-2-4-12(11)13(16,17)18/h1-7H. The molecule has 0 radical (unpaired) electrons. The minimum Gasteiger partial charge on any atom is -0.207 e. The maximum absolute atomic E-state index is 13.0. The molecule has 0 aliphatic carbocycles. The fourth-order valence-electron chi connectivity index (χ4n) is 1.69. The smallest absolute Gasteiger partial charge is 0.207 e. The molecule has 0 nitrogen and oxygen atoms in total. The van der Waals surface area contributed by atoms with Crippen LogP contribution in [0.15, 0.2) is 42.5 Å². The quantitative estimate of drug-likeness (QED) is 0.653. The Kier molecular flexibility index (Phi) is 3.07. The van der Waals surface area contributed by atoms with Gasteiger partial charge in [-0.25, -0.2) is 8.78 Å². The minimum absolute atomic E-state index is 0.138. The average molecular weight is 258 g/mol. The molecule has 0 bridgehead atoms. The zero-order valence-corrected chi connectivity index (χ0v) is 8.93. The highest BCUT2D eigenvalue weighted by molar-refractivity contribution is 5.68. The number of rotatable bonds is 1. The van der Waals surface area contributed by atoms with E-state index in [1.54, 1.807) is 0 Å². The van der Waals surface area contributed by atoms with Gasteiger partial charge < -0.3 is 0 Å². The number of hydrogen-bond acceptors (Lipinski definition) is 0. The highest BCUT2D eigenvalue weighted by Crippen LogP contribution is 2.37. The number of benzene rings is 2. The molecule has 0 fully saturated rings. The average Bonchev–Trinajstić information content (AvgIpc) is 2.26. The second kappa shape index (κ2) is 4.40. The molecule has 0 aliphatic heterocycles. The molecule has 0 amide bonds. The fraction of sp³-hybridized carbons (Fsp3) is 0.0769. The van der Waals surface area contributed by atoms with Gasteiger partial charge in [0.15, 0.2) is 0 Å². The Hall–Kier alpha value is -1.91. The third kappa shape index (κ3) is 2.50. The van der Waals surface area contributed by atoms with Crippen LogP contribution < -0.4 is 0 Å². The van der Waals surface area contributed by atoms with Crippen molar-refractivity contribution in [2.75, 3.05) is 0 Å². The van der Waals surface area contributed by atoms with Gasteiger partial charge in [0.2, 0.25) is 0 Å². The molecule has 0 saturated carbocycles. The third-order valence-corrected chi connectivity index (χ3v) is 2.41. The topological polar surface area (TPSA) is 0 Å². The van der Waals surface area contributed by atoms with E-state index in [0.717, 1.165) is 18.2 Å². The molecule has 18 heavy (non-hydrogen) atoms. The predicted octanol–water partition coefficient (Wildman–Crippen LogP) is 4.65. The first-order valence-corrected chi connectivity index (χ1v) is 5.00. The summed E-state index contributed by atoms with van der Waals surface area (Å²) in [5.41, 5.74) is -1.31. The van der Waals surface area contributed by atoms with Crippen molar-refractivity contribution >= 4 is 0 Å². The van der Waals surface area contributed by atoms with Gasteiger partial charge in [-0.2, -0.15) is 13.2 Å². The summed E-state index contributed by atoms with van der Waals surface area (Å²) in [6.07, 6.45) is -4.57. The number of halogens is 5. The maximum atomic E-state index is 13.0. The van der Waals surface area contributed by atoms with Crippen molar-refractivity contribution in [1.82, 2.24) is 0 Å². The fourth-order valence-corrected chi connectivity index (χ4v) is 1.69. The van der Waals surface area contributed by atoms with Crippen LogP contribution in [0.25, 0.3) is 11.1 Å². The predicted molar refractivity (Wildman–Crippen MR) is 56.8 cm³/mol. The summed E-state index contributed by atoms with van der Waals surface area (Å²) >= 11 is 0. The van der Waals surface area contributed by atoms with E-state index in [9.17, 15) is 22.0 Å². The summed E-state index contributed by atoms with van der Waals surface area (Å²) in [6.45, 7) is 0. The van der Waals surface area contributed by atoms with Crippen LogP contribution in [0.1, 0.15) is 5.56 Å². The maximum Gasteiger partial charge on any atom is 0.417 e. The van der Waals surface area contributed by atoms with Crippen LogP contribution in [0.3, 0.4) is 0 Å². The molecule has 0 aliphatic rings. The van der Waals surface area contributed by atoms with Gasteiger partial charge in [0.1, 0.15) is 11.6 Å². The highest BCUT2D eigenvalue weighted by atomic mass is 19.4. The Bertz CT molecular complexity index is 552. The van der Waals surface area contributed by atoms with Gasteiger partial charge in [0.05, 0.1) is 5.56 Å². The summed E-state index contributed by atoms with van der Waals surface area (Å²) < 4.78 is 64.3. The largest absolute Gasteiger partial charge is 0.417 e. The number of hydrogen-bond donors (Lipinski definition) is 0. The lowest BCUT2D eigenvalue weighted by Crippen LogP contribution is -2.07. The van der Waals surface area contributed by atoms with Crippen LogP contribution in [0.4, 0.5) is 22.0 Å². The summed E-state index contributed by atoms with van der Waals surface area (Å²) in [5, 5.41) is 0. The second-order valence-corrected chi connectivity index (χ2v) is 3.70. The molecule has 94 valence electrons. The molecule has 0 heterocycles. The van der Waals surface area contributed by atoms with Crippen LogP contribution >= 0.6 is 0 Å². The van der Waals surface area contributed by atoms with E-state index in [2.05, 4.69) is 0 Å². The minimum atomic E-state index is -4.57. The Morgan fingerprint density at radius 1 is 0.778 bits per heavy atom. The van der Waals surface area contributed by atoms with Gasteiger partial charge in [-0.3, -0.25) is 0 Å². The van der Waals surface area contributed by atoms with E-state index in [1.807, 2.05) is 0 Å². The number of alkyl halides is 3. The molecular weight excluding hydrogens is 251 g/mol. The Balaban J connectivity index is 2.64. The second-order valence-electron chi connectivity index (χ2n) is 3.70. The molecule has 2 aromatic carbocycles. The normalized spacial score (nSPS) is 11.6. The molecular formula is C13H7F5. The van der Waals surface area contributed by atoms with E-state index in [4.69, 9.17) is 0 Å². The van der Waals surface area contributed by atoms with Gasteiger partial charge in [0, 0.05) is 6.07 Å². The molecule has 5 heteroatoms. The zero-order valence-electron chi connectivity index (χ0n) is 8.93. The Labute approximate surface area is 99.7 Å². The lowest BCUT2D eigenvalue weighted by atomic mass is 9.99. The first-order chi connectivity index (χ1) is 8.38. The van der Waals surface area contributed by atoms with E-state index in [-0.39, 0.29) is 11.1 Å². The Morgan fingerprint density at radius 3 is 1.89 bits per heavy atom. The van der Waals surface area contributed by atoms with Crippen molar-refractivity contribution in [3.8, 4) is 11.1 Å². The molecule has 2 rings (SSSR count). The van der Waals surface area contributed by atoms with Crippen LogP contribution in [0.2, 0.25) is 0 Å². The van der Waals surface area contributed by atoms with Gasteiger partial charge in [-0.1, -0.05) is 18.2 Å². The zero-order chi connectivity index (χ0) is 13.3. The molecule has 0 atom stereocenters. The summed E-state index contributed by atoms with van der Waals surface area (Å²) in [6, 6.07) is 7.01. The molecule has 0 aromatic heterocycles. The lowest BCUT2D eigenvalue weighted by Gasteiger charge is -2.12. The highest BCUT2D eigenvalue weighted by Gasteiger charge is 2.33. The molecule has 0 unspecified atom stereocenters. The molecule has 0 N–H and O–H groups in total. The van der Waals surface area contributed by atoms with Gasteiger partial charge in [-0.05, 0) is 29.3 Å². The van der Waals surface area contributed by atoms with Crippen LogP contribution in [-0.2, 0) is 6.18 Å². The van der Waals surface area contributed by atoms with Crippen molar-refractivity contribution in [1.29, 1.82) is 0 Å². The molecule has 0 spiro atoms. The van der Waals surface area contributed by atoms with E-state index in [1.165, 1.54) is 18.2 Å². The van der Waals surface area contributed by atoms with Crippen molar-refractivity contribution in [2.24, 2.45) is 0 Å². The van der Waals surface area contributed by atoms with Crippen molar-refractivity contribution in [3.05, 3.63) is 59.7 Å². The van der Waals surface area contributed by atoms with Gasteiger partial charge in [0.25, 0.3) is 0 Å². The van der Waals surface area contributed by atoms with Crippen molar-refractivity contribution in [3.63, 3.8) is 0 Å².